The van der Waals surface area contributed by atoms with Gasteiger partial charge < -0.3 is 11.1 Å². The number of carbonyl (C=O) groups is 1. The highest BCUT2D eigenvalue weighted by Gasteiger charge is 2.30. The minimum atomic E-state index is -0.114. The standard InChI is InChI=1S/C21H27N3O.2ClH/c1-15-8-9-18(22)12-19(15)20(25)23-14-21(2,3)24-11-10-16-6-4-5-7-17(16)13-24;;/h4-9,12H,10-11,13-14,22H2,1-3H3,(H,23,25);2*1H. The highest BCUT2D eigenvalue weighted by Crippen LogP contribution is 2.25. The van der Waals surface area contributed by atoms with E-state index >= 15 is 0 Å². The van der Waals surface area contributed by atoms with E-state index in [0.717, 1.165) is 25.1 Å². The largest absolute Gasteiger partial charge is 0.399 e. The van der Waals surface area contributed by atoms with Crippen molar-refractivity contribution < 1.29 is 4.79 Å². The second-order valence-corrected chi connectivity index (χ2v) is 7.51. The van der Waals surface area contributed by atoms with Gasteiger partial charge in [-0.25, -0.2) is 0 Å². The van der Waals surface area contributed by atoms with Crippen molar-refractivity contribution in [3.63, 3.8) is 0 Å². The van der Waals surface area contributed by atoms with Gasteiger partial charge in [-0.1, -0.05) is 30.3 Å². The summed E-state index contributed by atoms with van der Waals surface area (Å²) < 4.78 is 0. The fourth-order valence-corrected chi connectivity index (χ4v) is 3.40. The number of amides is 1. The van der Waals surface area contributed by atoms with Crippen LogP contribution in [0.2, 0.25) is 0 Å². The van der Waals surface area contributed by atoms with E-state index in [0.29, 0.717) is 17.8 Å². The molecule has 0 fully saturated rings. The van der Waals surface area contributed by atoms with Gasteiger partial charge in [0.2, 0.25) is 0 Å². The van der Waals surface area contributed by atoms with E-state index < -0.39 is 0 Å². The lowest BCUT2D eigenvalue weighted by Gasteiger charge is -2.41. The fourth-order valence-electron chi connectivity index (χ4n) is 3.40. The van der Waals surface area contributed by atoms with Gasteiger partial charge in [-0.3, -0.25) is 9.69 Å². The van der Waals surface area contributed by atoms with E-state index in [4.69, 9.17) is 5.73 Å². The number of hydrogen-bond donors (Lipinski definition) is 2. The predicted octanol–water partition coefficient (Wildman–Crippen LogP) is 3.99. The summed E-state index contributed by atoms with van der Waals surface area (Å²) >= 11 is 0. The minimum Gasteiger partial charge on any atom is -0.399 e. The Kier molecular flexibility index (Phi) is 8.15. The molecular formula is C21H29Cl2N3O. The average Bonchev–Trinajstić information content (AvgIpc) is 2.61. The lowest BCUT2D eigenvalue weighted by Crippen LogP contribution is -2.53. The first kappa shape index (κ1) is 23.3. The molecule has 0 atom stereocenters. The molecule has 1 aliphatic heterocycles. The summed E-state index contributed by atoms with van der Waals surface area (Å²) in [5.74, 6) is -0.0599. The molecule has 148 valence electrons. The van der Waals surface area contributed by atoms with Crippen LogP contribution in [0.4, 0.5) is 5.69 Å². The summed E-state index contributed by atoms with van der Waals surface area (Å²) in [5.41, 5.74) is 10.7. The highest BCUT2D eigenvalue weighted by atomic mass is 35.5. The Morgan fingerprint density at radius 1 is 1.15 bits per heavy atom. The number of carbonyl (C=O) groups excluding carboxylic acids is 1. The number of anilines is 1. The van der Waals surface area contributed by atoms with Crippen LogP contribution in [-0.4, -0.2) is 29.4 Å². The van der Waals surface area contributed by atoms with E-state index in [9.17, 15) is 4.79 Å². The number of rotatable bonds is 4. The molecule has 1 aliphatic rings. The third-order valence-corrected chi connectivity index (χ3v) is 5.17. The number of halogens is 2. The molecule has 0 aliphatic carbocycles. The van der Waals surface area contributed by atoms with Crippen LogP contribution in [0.1, 0.15) is 40.9 Å². The molecule has 1 heterocycles. The Morgan fingerprint density at radius 3 is 2.52 bits per heavy atom. The monoisotopic (exact) mass is 409 g/mol. The first-order valence-electron chi connectivity index (χ1n) is 8.83. The van der Waals surface area contributed by atoms with Crippen LogP contribution >= 0.6 is 24.8 Å². The van der Waals surface area contributed by atoms with Gasteiger partial charge in [-0.15, -0.1) is 24.8 Å². The van der Waals surface area contributed by atoms with Crippen LogP contribution in [0.3, 0.4) is 0 Å². The maximum atomic E-state index is 12.6. The molecule has 3 N–H and O–H groups in total. The molecule has 0 spiro atoms. The van der Waals surface area contributed by atoms with Gasteiger partial charge in [0.05, 0.1) is 0 Å². The van der Waals surface area contributed by atoms with Crippen molar-refractivity contribution in [3.8, 4) is 0 Å². The lowest BCUT2D eigenvalue weighted by molar-refractivity contribution is 0.0825. The Hall–Kier alpha value is -1.75. The maximum absolute atomic E-state index is 12.6. The second-order valence-electron chi connectivity index (χ2n) is 7.51. The zero-order chi connectivity index (χ0) is 18.0. The van der Waals surface area contributed by atoms with Gasteiger partial charge in [0.25, 0.3) is 5.91 Å². The van der Waals surface area contributed by atoms with E-state index in [2.05, 4.69) is 48.3 Å². The average molecular weight is 410 g/mol. The molecule has 4 nitrogen and oxygen atoms in total. The summed E-state index contributed by atoms with van der Waals surface area (Å²) in [6.45, 7) is 8.84. The number of nitrogens with zero attached hydrogens (tertiary/aromatic N) is 1. The smallest absolute Gasteiger partial charge is 0.251 e. The summed E-state index contributed by atoms with van der Waals surface area (Å²) in [5, 5.41) is 3.09. The third-order valence-electron chi connectivity index (χ3n) is 5.17. The van der Waals surface area contributed by atoms with Crippen molar-refractivity contribution in [2.24, 2.45) is 0 Å². The molecule has 0 unspecified atom stereocenters. The second kappa shape index (κ2) is 9.45. The quantitative estimate of drug-likeness (QED) is 0.750. The fraction of sp³-hybridized carbons (Fsp3) is 0.381. The molecule has 0 saturated carbocycles. The van der Waals surface area contributed by atoms with Crippen LogP contribution in [-0.2, 0) is 13.0 Å². The Labute approximate surface area is 174 Å². The van der Waals surface area contributed by atoms with Crippen LogP contribution < -0.4 is 11.1 Å². The van der Waals surface area contributed by atoms with Crippen LogP contribution in [0, 0.1) is 6.92 Å². The number of hydrogen-bond acceptors (Lipinski definition) is 3. The van der Waals surface area contributed by atoms with Gasteiger partial charge in [0.1, 0.15) is 0 Å². The normalized spacial score (nSPS) is 13.7. The van der Waals surface area contributed by atoms with Crippen molar-refractivity contribution in [3.05, 3.63) is 64.7 Å². The zero-order valence-electron chi connectivity index (χ0n) is 16.1. The molecule has 1 amide bonds. The number of nitrogens with one attached hydrogen (secondary N) is 1. The highest BCUT2D eigenvalue weighted by molar-refractivity contribution is 5.96. The van der Waals surface area contributed by atoms with E-state index in [-0.39, 0.29) is 36.3 Å². The van der Waals surface area contributed by atoms with Gasteiger partial charge >= 0.3 is 0 Å². The summed E-state index contributed by atoms with van der Waals surface area (Å²) in [6.07, 6.45) is 1.06. The van der Waals surface area contributed by atoms with Crippen LogP contribution in [0.15, 0.2) is 42.5 Å². The third kappa shape index (κ3) is 5.38. The number of fused-ring (bicyclic) bond motifs is 1. The predicted molar refractivity (Wildman–Crippen MR) is 117 cm³/mol. The summed E-state index contributed by atoms with van der Waals surface area (Å²) in [7, 11) is 0. The van der Waals surface area contributed by atoms with Gasteiger partial charge in [0, 0.05) is 36.4 Å². The van der Waals surface area contributed by atoms with Gasteiger partial charge in [0.15, 0.2) is 0 Å². The molecule has 0 radical (unpaired) electrons. The van der Waals surface area contributed by atoms with E-state index in [1.54, 1.807) is 6.07 Å². The SMILES string of the molecule is Cc1ccc(N)cc1C(=O)NCC(C)(C)N1CCc2ccccc2C1.Cl.Cl. The van der Waals surface area contributed by atoms with Crippen LogP contribution in [0.5, 0.6) is 0 Å². The molecule has 0 aromatic heterocycles. The van der Waals surface area contributed by atoms with Crippen molar-refractivity contribution >= 4 is 36.4 Å². The summed E-state index contributed by atoms with van der Waals surface area (Å²) in [6, 6.07) is 14.1. The molecule has 2 aromatic rings. The molecular weight excluding hydrogens is 381 g/mol. The number of benzene rings is 2. The Balaban J connectivity index is 0.00000182. The number of nitrogens with two attached hydrogens (primary N) is 1. The van der Waals surface area contributed by atoms with Crippen molar-refractivity contribution in [2.75, 3.05) is 18.8 Å². The Bertz CT molecular complexity index is 793. The molecule has 0 bridgehead atoms. The van der Waals surface area contributed by atoms with Crippen molar-refractivity contribution in [1.82, 2.24) is 10.2 Å². The molecule has 3 rings (SSSR count). The Morgan fingerprint density at radius 2 is 1.81 bits per heavy atom. The van der Waals surface area contributed by atoms with E-state index in [1.807, 2.05) is 19.1 Å². The zero-order valence-corrected chi connectivity index (χ0v) is 17.8. The number of aryl methyl sites for hydroxylation is 1. The maximum Gasteiger partial charge on any atom is 0.251 e. The first-order valence-corrected chi connectivity index (χ1v) is 8.83. The van der Waals surface area contributed by atoms with Crippen LogP contribution in [0.25, 0.3) is 0 Å². The topological polar surface area (TPSA) is 58.4 Å². The van der Waals surface area contributed by atoms with E-state index in [1.165, 1.54) is 11.1 Å². The first-order chi connectivity index (χ1) is 11.9. The molecule has 2 aromatic carbocycles. The summed E-state index contributed by atoms with van der Waals surface area (Å²) in [4.78, 5) is 15.0. The minimum absolute atomic E-state index is 0. The van der Waals surface area contributed by atoms with Gasteiger partial charge in [-0.05, 0) is 56.0 Å². The number of nitrogen functional groups attached to an aromatic ring is 1. The van der Waals surface area contributed by atoms with Crippen molar-refractivity contribution in [2.45, 2.75) is 39.3 Å². The molecule has 6 heteroatoms. The van der Waals surface area contributed by atoms with Gasteiger partial charge in [-0.2, -0.15) is 0 Å². The molecule has 27 heavy (non-hydrogen) atoms. The molecule has 0 saturated heterocycles. The lowest BCUT2D eigenvalue weighted by atomic mass is 9.94. The van der Waals surface area contributed by atoms with Crippen molar-refractivity contribution in [1.29, 1.82) is 0 Å².